The van der Waals surface area contributed by atoms with Crippen LogP contribution in [0.2, 0.25) is 0 Å². The van der Waals surface area contributed by atoms with E-state index >= 15 is 0 Å². The molecule has 66 valence electrons. The van der Waals surface area contributed by atoms with E-state index in [0.29, 0.717) is 12.3 Å². The average molecular weight is 175 g/mol. The molecule has 13 heavy (non-hydrogen) atoms. The first-order valence-electron chi connectivity index (χ1n) is 3.97. The summed E-state index contributed by atoms with van der Waals surface area (Å²) in [5, 5.41) is 3.67. The number of aromatic nitrogens is 2. The minimum atomic E-state index is 0.412. The quantitative estimate of drug-likeness (QED) is 0.744. The van der Waals surface area contributed by atoms with E-state index in [2.05, 4.69) is 10.1 Å². The first-order chi connectivity index (χ1) is 6.42. The molecule has 2 N–H and O–H groups in total. The van der Waals surface area contributed by atoms with E-state index in [1.165, 1.54) is 0 Å². The van der Waals surface area contributed by atoms with E-state index in [1.54, 1.807) is 12.4 Å². The lowest BCUT2D eigenvalue weighted by Crippen LogP contribution is -1.96. The number of pyridine rings is 1. The van der Waals surface area contributed by atoms with Crippen LogP contribution in [0.25, 0.3) is 11.5 Å². The van der Waals surface area contributed by atoms with Gasteiger partial charge in [-0.2, -0.15) is 0 Å². The van der Waals surface area contributed by atoms with E-state index in [0.717, 1.165) is 11.3 Å². The van der Waals surface area contributed by atoms with Gasteiger partial charge in [0.1, 0.15) is 5.69 Å². The van der Waals surface area contributed by atoms with Crippen LogP contribution in [0.3, 0.4) is 0 Å². The molecule has 0 spiro atoms. The van der Waals surface area contributed by atoms with E-state index in [4.69, 9.17) is 10.3 Å². The molecule has 0 fully saturated rings. The summed E-state index contributed by atoms with van der Waals surface area (Å²) in [6.07, 6.45) is 3.32. The Bertz CT molecular complexity index is 383. The van der Waals surface area contributed by atoms with Gasteiger partial charge in [-0.15, -0.1) is 0 Å². The SMILES string of the molecule is NCc1cnoc1-c1ccccn1. The predicted octanol–water partition coefficient (Wildman–Crippen LogP) is 1.20. The van der Waals surface area contributed by atoms with Crippen LogP contribution in [0.5, 0.6) is 0 Å². The maximum Gasteiger partial charge on any atom is 0.189 e. The lowest BCUT2D eigenvalue weighted by atomic mass is 10.2. The molecule has 0 aliphatic heterocycles. The zero-order chi connectivity index (χ0) is 9.10. The van der Waals surface area contributed by atoms with Crippen molar-refractivity contribution in [2.24, 2.45) is 5.73 Å². The van der Waals surface area contributed by atoms with Crippen LogP contribution >= 0.6 is 0 Å². The van der Waals surface area contributed by atoms with Gasteiger partial charge in [-0.25, -0.2) is 0 Å². The Morgan fingerprint density at radius 2 is 2.31 bits per heavy atom. The van der Waals surface area contributed by atoms with Crippen LogP contribution in [0.1, 0.15) is 5.56 Å². The second kappa shape index (κ2) is 3.37. The first-order valence-corrected chi connectivity index (χ1v) is 3.97. The monoisotopic (exact) mass is 175 g/mol. The standard InChI is InChI=1S/C9H9N3O/c10-5-7-6-12-13-9(7)8-3-1-2-4-11-8/h1-4,6H,5,10H2. The Kier molecular flexibility index (Phi) is 2.06. The highest BCUT2D eigenvalue weighted by Gasteiger charge is 2.09. The van der Waals surface area contributed by atoms with Crippen molar-refractivity contribution in [1.82, 2.24) is 10.1 Å². The second-order valence-electron chi connectivity index (χ2n) is 2.60. The highest BCUT2D eigenvalue weighted by Crippen LogP contribution is 2.19. The zero-order valence-electron chi connectivity index (χ0n) is 6.97. The smallest absolute Gasteiger partial charge is 0.189 e. The molecule has 0 saturated heterocycles. The van der Waals surface area contributed by atoms with Crippen LogP contribution in [0.4, 0.5) is 0 Å². The van der Waals surface area contributed by atoms with Gasteiger partial charge in [0.2, 0.25) is 0 Å². The molecule has 0 aliphatic rings. The van der Waals surface area contributed by atoms with E-state index in [9.17, 15) is 0 Å². The molecule has 0 amide bonds. The summed E-state index contributed by atoms with van der Waals surface area (Å²) in [4.78, 5) is 4.14. The third kappa shape index (κ3) is 1.43. The van der Waals surface area contributed by atoms with E-state index < -0.39 is 0 Å². The fourth-order valence-electron chi connectivity index (χ4n) is 1.11. The van der Waals surface area contributed by atoms with Crippen molar-refractivity contribution in [2.75, 3.05) is 0 Å². The van der Waals surface area contributed by atoms with Crippen molar-refractivity contribution in [3.63, 3.8) is 0 Å². The summed E-state index contributed by atoms with van der Waals surface area (Å²) in [6.45, 7) is 0.412. The maximum absolute atomic E-state index is 5.50. The van der Waals surface area contributed by atoms with Gasteiger partial charge in [0.05, 0.1) is 6.20 Å². The highest BCUT2D eigenvalue weighted by atomic mass is 16.5. The number of hydrogen-bond acceptors (Lipinski definition) is 4. The third-order valence-corrected chi connectivity index (χ3v) is 1.76. The predicted molar refractivity (Wildman–Crippen MR) is 47.6 cm³/mol. The van der Waals surface area contributed by atoms with Crippen molar-refractivity contribution in [3.05, 3.63) is 36.2 Å². The summed E-state index contributed by atoms with van der Waals surface area (Å²) in [5.41, 5.74) is 7.14. The molecule has 0 aromatic carbocycles. The largest absolute Gasteiger partial charge is 0.354 e. The lowest BCUT2D eigenvalue weighted by Gasteiger charge is -1.95. The minimum Gasteiger partial charge on any atom is -0.354 e. The Hall–Kier alpha value is -1.68. The molecule has 2 rings (SSSR count). The topological polar surface area (TPSA) is 64.9 Å². The average Bonchev–Trinajstić information content (AvgIpc) is 2.67. The summed E-state index contributed by atoms with van der Waals surface area (Å²) in [7, 11) is 0. The number of rotatable bonds is 2. The fourth-order valence-corrected chi connectivity index (χ4v) is 1.11. The van der Waals surface area contributed by atoms with Crippen LogP contribution in [0.15, 0.2) is 35.1 Å². The van der Waals surface area contributed by atoms with Gasteiger partial charge in [0, 0.05) is 18.3 Å². The molecule has 0 atom stereocenters. The lowest BCUT2D eigenvalue weighted by molar-refractivity contribution is 0.430. The van der Waals surface area contributed by atoms with Gasteiger partial charge in [-0.1, -0.05) is 11.2 Å². The Balaban J connectivity index is 2.47. The van der Waals surface area contributed by atoms with Crippen molar-refractivity contribution < 1.29 is 4.52 Å². The minimum absolute atomic E-state index is 0.412. The highest BCUT2D eigenvalue weighted by molar-refractivity contribution is 5.55. The third-order valence-electron chi connectivity index (χ3n) is 1.76. The Labute approximate surface area is 75.4 Å². The van der Waals surface area contributed by atoms with Gasteiger partial charge in [0.15, 0.2) is 5.76 Å². The van der Waals surface area contributed by atoms with Crippen molar-refractivity contribution in [1.29, 1.82) is 0 Å². The molecular weight excluding hydrogens is 166 g/mol. The fraction of sp³-hybridized carbons (Fsp3) is 0.111. The van der Waals surface area contributed by atoms with Crippen molar-refractivity contribution in [3.8, 4) is 11.5 Å². The van der Waals surface area contributed by atoms with Gasteiger partial charge in [-0.05, 0) is 12.1 Å². The maximum atomic E-state index is 5.50. The van der Waals surface area contributed by atoms with E-state index in [-0.39, 0.29) is 0 Å². The molecule has 2 heterocycles. The van der Waals surface area contributed by atoms with E-state index in [1.807, 2.05) is 18.2 Å². The summed E-state index contributed by atoms with van der Waals surface area (Å²) >= 11 is 0. The molecule has 0 unspecified atom stereocenters. The summed E-state index contributed by atoms with van der Waals surface area (Å²) in [6, 6.07) is 5.60. The van der Waals surface area contributed by atoms with Crippen LogP contribution < -0.4 is 5.73 Å². The zero-order valence-corrected chi connectivity index (χ0v) is 6.97. The number of nitrogens with zero attached hydrogens (tertiary/aromatic N) is 2. The second-order valence-corrected chi connectivity index (χ2v) is 2.60. The molecule has 0 saturated carbocycles. The van der Waals surface area contributed by atoms with Crippen LogP contribution in [-0.2, 0) is 6.54 Å². The molecule has 0 radical (unpaired) electrons. The number of nitrogens with two attached hydrogens (primary N) is 1. The Morgan fingerprint density at radius 1 is 1.38 bits per heavy atom. The van der Waals surface area contributed by atoms with Crippen LogP contribution in [-0.4, -0.2) is 10.1 Å². The molecule has 0 aliphatic carbocycles. The van der Waals surface area contributed by atoms with Crippen LogP contribution in [0, 0.1) is 0 Å². The molecule has 4 nitrogen and oxygen atoms in total. The van der Waals surface area contributed by atoms with Crippen molar-refractivity contribution in [2.45, 2.75) is 6.54 Å². The molecule has 2 aromatic rings. The molecule has 0 bridgehead atoms. The number of hydrogen-bond donors (Lipinski definition) is 1. The van der Waals surface area contributed by atoms with Gasteiger partial charge >= 0.3 is 0 Å². The summed E-state index contributed by atoms with van der Waals surface area (Å²) in [5.74, 6) is 0.656. The molecular formula is C9H9N3O. The van der Waals surface area contributed by atoms with Gasteiger partial charge < -0.3 is 10.3 Å². The normalized spacial score (nSPS) is 10.2. The molecule has 4 heteroatoms. The first kappa shape index (κ1) is 7.94. The van der Waals surface area contributed by atoms with Gasteiger partial charge in [0.25, 0.3) is 0 Å². The van der Waals surface area contributed by atoms with Crippen molar-refractivity contribution >= 4 is 0 Å². The van der Waals surface area contributed by atoms with Gasteiger partial charge in [-0.3, -0.25) is 4.98 Å². The molecule has 2 aromatic heterocycles. The Morgan fingerprint density at radius 3 is 3.00 bits per heavy atom. The summed E-state index contributed by atoms with van der Waals surface area (Å²) < 4.78 is 5.05.